The zero-order valence-electron chi connectivity index (χ0n) is 12.7. The molecule has 0 bridgehead atoms. The average Bonchev–Trinajstić information content (AvgIpc) is 3.03. The van der Waals surface area contributed by atoms with Gasteiger partial charge in [0.15, 0.2) is 0 Å². The molecule has 0 unspecified atom stereocenters. The number of aromatic nitrogens is 2. The van der Waals surface area contributed by atoms with Crippen molar-refractivity contribution >= 4 is 33.9 Å². The highest BCUT2D eigenvalue weighted by Crippen LogP contribution is 2.23. The highest BCUT2D eigenvalue weighted by atomic mass is 16.6. The van der Waals surface area contributed by atoms with E-state index in [1.165, 1.54) is 6.07 Å². The summed E-state index contributed by atoms with van der Waals surface area (Å²) in [5.74, 6) is -0.177. The maximum atomic E-state index is 12.0. The van der Waals surface area contributed by atoms with Crippen molar-refractivity contribution in [3.05, 3.63) is 58.8 Å². The van der Waals surface area contributed by atoms with Gasteiger partial charge in [0.05, 0.1) is 16.6 Å². The molecular formula is C16H15N5O3. The summed E-state index contributed by atoms with van der Waals surface area (Å²) in [5.41, 5.74) is 1.96. The lowest BCUT2D eigenvalue weighted by atomic mass is 10.2. The first-order valence-electron chi connectivity index (χ1n) is 7.34. The smallest absolute Gasteiger partial charge is 0.292 e. The first-order chi connectivity index (χ1) is 11.6. The molecule has 0 fully saturated rings. The fourth-order valence-electron chi connectivity index (χ4n) is 2.34. The van der Waals surface area contributed by atoms with Gasteiger partial charge in [-0.15, -0.1) is 0 Å². The summed E-state index contributed by atoms with van der Waals surface area (Å²) >= 11 is 0. The molecule has 0 aliphatic carbocycles. The van der Waals surface area contributed by atoms with Gasteiger partial charge in [-0.25, -0.2) is 0 Å². The number of aromatic amines is 1. The lowest BCUT2D eigenvalue weighted by molar-refractivity contribution is -0.384. The molecule has 24 heavy (non-hydrogen) atoms. The van der Waals surface area contributed by atoms with Crippen LogP contribution in [0, 0.1) is 10.1 Å². The van der Waals surface area contributed by atoms with Crippen LogP contribution in [0.1, 0.15) is 6.42 Å². The van der Waals surface area contributed by atoms with Crippen LogP contribution in [-0.4, -0.2) is 27.6 Å². The topological polar surface area (TPSA) is 113 Å². The van der Waals surface area contributed by atoms with E-state index >= 15 is 0 Å². The molecule has 0 aliphatic heterocycles. The first-order valence-corrected chi connectivity index (χ1v) is 7.34. The standard InChI is InChI=1S/C16H15N5O3/c22-16(19-12-5-6-13-11(9-12)10-18-20-13)7-8-17-14-3-1-2-4-15(14)21(23)24/h1-6,9-10,17H,7-8H2,(H,18,20)(H,19,22). The molecule has 122 valence electrons. The second-order valence-electron chi connectivity index (χ2n) is 5.17. The van der Waals surface area contributed by atoms with Crippen molar-refractivity contribution in [2.24, 2.45) is 0 Å². The van der Waals surface area contributed by atoms with E-state index in [1.54, 1.807) is 30.5 Å². The molecule has 3 N–H and O–H groups in total. The number of nitro benzene ring substituents is 1. The van der Waals surface area contributed by atoms with Crippen LogP contribution in [0.15, 0.2) is 48.7 Å². The van der Waals surface area contributed by atoms with Gasteiger partial charge in [-0.3, -0.25) is 20.0 Å². The number of para-hydroxylation sites is 2. The van der Waals surface area contributed by atoms with E-state index in [2.05, 4.69) is 20.8 Å². The third-order valence-corrected chi connectivity index (χ3v) is 3.49. The van der Waals surface area contributed by atoms with Crippen LogP contribution < -0.4 is 10.6 Å². The van der Waals surface area contributed by atoms with Crippen molar-refractivity contribution in [3.8, 4) is 0 Å². The molecule has 3 rings (SSSR count). The molecule has 8 heteroatoms. The molecule has 0 saturated heterocycles. The lowest BCUT2D eigenvalue weighted by Crippen LogP contribution is -2.16. The molecule has 1 amide bonds. The van der Waals surface area contributed by atoms with E-state index in [9.17, 15) is 14.9 Å². The summed E-state index contributed by atoms with van der Waals surface area (Å²) in [6.07, 6.45) is 1.87. The normalized spacial score (nSPS) is 10.5. The van der Waals surface area contributed by atoms with Gasteiger partial charge in [0, 0.05) is 30.1 Å². The number of carbonyl (C=O) groups is 1. The maximum absolute atomic E-state index is 12.0. The molecule has 0 saturated carbocycles. The summed E-state index contributed by atoms with van der Waals surface area (Å²) in [7, 11) is 0. The second kappa shape index (κ2) is 6.78. The fraction of sp³-hybridized carbons (Fsp3) is 0.125. The van der Waals surface area contributed by atoms with E-state index in [-0.39, 0.29) is 18.0 Å². The Morgan fingerprint density at radius 1 is 1.25 bits per heavy atom. The number of hydrogen-bond donors (Lipinski definition) is 3. The first kappa shape index (κ1) is 15.5. The molecule has 2 aromatic carbocycles. The minimum atomic E-state index is -0.456. The Morgan fingerprint density at radius 3 is 2.92 bits per heavy atom. The summed E-state index contributed by atoms with van der Waals surface area (Å²) in [4.78, 5) is 22.5. The number of benzene rings is 2. The van der Waals surface area contributed by atoms with Crippen molar-refractivity contribution in [2.45, 2.75) is 6.42 Å². The summed E-state index contributed by atoms with van der Waals surface area (Å²) in [5, 5.41) is 24.3. The van der Waals surface area contributed by atoms with Gasteiger partial charge in [0.25, 0.3) is 5.69 Å². The third-order valence-electron chi connectivity index (χ3n) is 3.49. The Kier molecular flexibility index (Phi) is 4.37. The molecule has 1 aromatic heterocycles. The number of amides is 1. The van der Waals surface area contributed by atoms with Crippen LogP contribution >= 0.6 is 0 Å². The van der Waals surface area contributed by atoms with Gasteiger partial charge >= 0.3 is 0 Å². The van der Waals surface area contributed by atoms with Crippen molar-refractivity contribution < 1.29 is 9.72 Å². The zero-order chi connectivity index (χ0) is 16.9. The Labute approximate surface area is 137 Å². The predicted molar refractivity (Wildman–Crippen MR) is 90.9 cm³/mol. The van der Waals surface area contributed by atoms with Crippen molar-refractivity contribution in [1.29, 1.82) is 0 Å². The molecule has 0 aliphatic rings. The van der Waals surface area contributed by atoms with Crippen LogP contribution in [0.3, 0.4) is 0 Å². The minimum Gasteiger partial charge on any atom is -0.379 e. The zero-order valence-corrected chi connectivity index (χ0v) is 12.7. The number of carbonyl (C=O) groups excluding carboxylic acids is 1. The number of nitrogens with one attached hydrogen (secondary N) is 3. The van der Waals surface area contributed by atoms with Crippen LogP contribution in [0.25, 0.3) is 10.9 Å². The van der Waals surface area contributed by atoms with Crippen LogP contribution in [0.5, 0.6) is 0 Å². The average molecular weight is 325 g/mol. The number of nitro groups is 1. The number of rotatable bonds is 6. The number of hydrogen-bond acceptors (Lipinski definition) is 5. The number of H-pyrrole nitrogens is 1. The van der Waals surface area contributed by atoms with Crippen LogP contribution in [-0.2, 0) is 4.79 Å². The molecule has 3 aromatic rings. The van der Waals surface area contributed by atoms with Gasteiger partial charge in [0.1, 0.15) is 5.69 Å². The Balaban J connectivity index is 1.55. The fourth-order valence-corrected chi connectivity index (χ4v) is 2.34. The second-order valence-corrected chi connectivity index (χ2v) is 5.17. The number of nitrogens with zero attached hydrogens (tertiary/aromatic N) is 2. The van der Waals surface area contributed by atoms with Crippen molar-refractivity contribution in [2.75, 3.05) is 17.2 Å². The van der Waals surface area contributed by atoms with Gasteiger partial charge < -0.3 is 10.6 Å². The number of anilines is 2. The minimum absolute atomic E-state index is 0.0108. The predicted octanol–water partition coefficient (Wildman–Crippen LogP) is 2.91. The molecule has 0 spiro atoms. The van der Waals surface area contributed by atoms with E-state index in [0.717, 1.165) is 10.9 Å². The molecule has 0 radical (unpaired) electrons. The maximum Gasteiger partial charge on any atom is 0.292 e. The van der Waals surface area contributed by atoms with Crippen LogP contribution in [0.4, 0.5) is 17.1 Å². The summed E-state index contributed by atoms with van der Waals surface area (Å²) < 4.78 is 0. The largest absolute Gasteiger partial charge is 0.379 e. The highest BCUT2D eigenvalue weighted by molar-refractivity contribution is 5.93. The van der Waals surface area contributed by atoms with Crippen molar-refractivity contribution in [1.82, 2.24) is 10.2 Å². The van der Waals surface area contributed by atoms with Gasteiger partial charge in [-0.1, -0.05) is 12.1 Å². The van der Waals surface area contributed by atoms with E-state index in [1.807, 2.05) is 12.1 Å². The number of fused-ring (bicyclic) bond motifs is 1. The Morgan fingerprint density at radius 2 is 2.08 bits per heavy atom. The van der Waals surface area contributed by atoms with Gasteiger partial charge in [-0.05, 0) is 24.3 Å². The lowest BCUT2D eigenvalue weighted by Gasteiger charge is -2.08. The molecule has 1 heterocycles. The highest BCUT2D eigenvalue weighted by Gasteiger charge is 2.12. The Bertz CT molecular complexity index is 890. The monoisotopic (exact) mass is 325 g/mol. The third kappa shape index (κ3) is 3.49. The summed E-state index contributed by atoms with van der Waals surface area (Å²) in [6, 6.07) is 11.8. The quantitative estimate of drug-likeness (QED) is 0.476. The molecule has 8 nitrogen and oxygen atoms in total. The van der Waals surface area contributed by atoms with Crippen LogP contribution in [0.2, 0.25) is 0 Å². The van der Waals surface area contributed by atoms with E-state index in [4.69, 9.17) is 0 Å². The van der Waals surface area contributed by atoms with Gasteiger partial charge in [-0.2, -0.15) is 5.10 Å². The van der Waals surface area contributed by atoms with E-state index in [0.29, 0.717) is 17.9 Å². The van der Waals surface area contributed by atoms with E-state index < -0.39 is 4.92 Å². The Hall–Kier alpha value is -3.42. The van der Waals surface area contributed by atoms with Gasteiger partial charge in [0.2, 0.25) is 5.91 Å². The summed E-state index contributed by atoms with van der Waals surface area (Å²) in [6.45, 7) is 0.296. The van der Waals surface area contributed by atoms with Crippen molar-refractivity contribution in [3.63, 3.8) is 0 Å². The SMILES string of the molecule is O=C(CCNc1ccccc1[N+](=O)[O-])Nc1ccc2[nH]ncc2c1. The molecule has 0 atom stereocenters. The molecular weight excluding hydrogens is 310 g/mol.